The first-order chi connectivity index (χ1) is 8.70. The van der Waals surface area contributed by atoms with Crippen LogP contribution in [0.5, 0.6) is 0 Å². The third-order valence-corrected chi connectivity index (χ3v) is 3.98. The van der Waals surface area contributed by atoms with Gasteiger partial charge in [0.2, 0.25) is 0 Å². The van der Waals surface area contributed by atoms with E-state index in [1.165, 1.54) is 31.7 Å². The molecule has 1 unspecified atom stereocenters. The molecule has 18 heavy (non-hydrogen) atoms. The Labute approximate surface area is 118 Å². The standard InChI is InChI=1S/C15H23BrFN/c1-3-4-5-6-7-11-14(18-2)15-12(16)9-8-10-13(15)17/h8-10,14,18H,3-7,11H2,1-2H3. The molecule has 1 rings (SSSR count). The first-order valence-electron chi connectivity index (χ1n) is 6.81. The van der Waals surface area contributed by atoms with Crippen LogP contribution in [0.25, 0.3) is 0 Å². The van der Waals surface area contributed by atoms with Crippen molar-refractivity contribution in [2.45, 2.75) is 51.5 Å². The van der Waals surface area contributed by atoms with Crippen molar-refractivity contribution in [1.82, 2.24) is 5.32 Å². The Bertz CT molecular complexity index is 334. The Balaban J connectivity index is 2.55. The van der Waals surface area contributed by atoms with Gasteiger partial charge < -0.3 is 5.32 Å². The molecule has 1 atom stereocenters. The van der Waals surface area contributed by atoms with Crippen molar-refractivity contribution in [3.05, 3.63) is 34.1 Å². The van der Waals surface area contributed by atoms with Crippen LogP contribution < -0.4 is 5.32 Å². The van der Waals surface area contributed by atoms with E-state index in [2.05, 4.69) is 28.2 Å². The minimum Gasteiger partial charge on any atom is -0.313 e. The van der Waals surface area contributed by atoms with Crippen LogP contribution in [0.15, 0.2) is 22.7 Å². The van der Waals surface area contributed by atoms with E-state index in [0.717, 1.165) is 22.9 Å². The molecule has 1 aromatic rings. The van der Waals surface area contributed by atoms with Gasteiger partial charge >= 0.3 is 0 Å². The molecule has 0 aliphatic carbocycles. The molecule has 0 aromatic heterocycles. The van der Waals surface area contributed by atoms with E-state index in [-0.39, 0.29) is 11.9 Å². The van der Waals surface area contributed by atoms with Crippen LogP contribution in [-0.4, -0.2) is 7.05 Å². The molecule has 0 aliphatic heterocycles. The van der Waals surface area contributed by atoms with E-state index in [1.807, 2.05) is 13.1 Å². The molecule has 0 heterocycles. The van der Waals surface area contributed by atoms with Crippen LogP contribution in [0.4, 0.5) is 4.39 Å². The third-order valence-electron chi connectivity index (χ3n) is 3.29. The zero-order chi connectivity index (χ0) is 13.4. The van der Waals surface area contributed by atoms with Gasteiger partial charge in [0.05, 0.1) is 0 Å². The summed E-state index contributed by atoms with van der Waals surface area (Å²) < 4.78 is 14.7. The number of unbranched alkanes of at least 4 members (excludes halogenated alkanes) is 4. The molecular weight excluding hydrogens is 293 g/mol. The van der Waals surface area contributed by atoms with Gasteiger partial charge in [-0.25, -0.2) is 4.39 Å². The Morgan fingerprint density at radius 2 is 1.94 bits per heavy atom. The molecule has 0 saturated carbocycles. The summed E-state index contributed by atoms with van der Waals surface area (Å²) in [6, 6.07) is 5.26. The van der Waals surface area contributed by atoms with Crippen molar-refractivity contribution in [3.63, 3.8) is 0 Å². The smallest absolute Gasteiger partial charge is 0.129 e. The highest BCUT2D eigenvalue weighted by atomic mass is 79.9. The summed E-state index contributed by atoms with van der Waals surface area (Å²) in [5.41, 5.74) is 0.760. The second-order valence-electron chi connectivity index (χ2n) is 4.68. The van der Waals surface area contributed by atoms with E-state index in [1.54, 1.807) is 6.07 Å². The molecule has 0 saturated heterocycles. The highest BCUT2D eigenvalue weighted by Gasteiger charge is 2.16. The number of hydrogen-bond donors (Lipinski definition) is 1. The maximum atomic E-state index is 13.8. The van der Waals surface area contributed by atoms with Crippen LogP contribution in [0, 0.1) is 5.82 Å². The zero-order valence-electron chi connectivity index (χ0n) is 11.3. The lowest BCUT2D eigenvalue weighted by Gasteiger charge is -2.18. The molecular formula is C15H23BrFN. The van der Waals surface area contributed by atoms with Crippen molar-refractivity contribution in [1.29, 1.82) is 0 Å². The van der Waals surface area contributed by atoms with E-state index >= 15 is 0 Å². The largest absolute Gasteiger partial charge is 0.313 e. The van der Waals surface area contributed by atoms with Crippen molar-refractivity contribution in [2.75, 3.05) is 7.05 Å². The van der Waals surface area contributed by atoms with E-state index < -0.39 is 0 Å². The van der Waals surface area contributed by atoms with Crippen molar-refractivity contribution in [2.24, 2.45) is 0 Å². The summed E-state index contributed by atoms with van der Waals surface area (Å²) in [7, 11) is 1.90. The molecule has 0 amide bonds. The summed E-state index contributed by atoms with van der Waals surface area (Å²) in [5, 5.41) is 3.22. The molecule has 0 spiro atoms. The normalized spacial score (nSPS) is 12.7. The Morgan fingerprint density at radius 1 is 1.22 bits per heavy atom. The number of rotatable bonds is 8. The van der Waals surface area contributed by atoms with E-state index in [4.69, 9.17) is 0 Å². The summed E-state index contributed by atoms with van der Waals surface area (Å²) in [6.07, 6.45) is 7.21. The fraction of sp³-hybridized carbons (Fsp3) is 0.600. The lowest BCUT2D eigenvalue weighted by molar-refractivity contribution is 0.476. The van der Waals surface area contributed by atoms with Gasteiger partial charge in [-0.05, 0) is 25.6 Å². The monoisotopic (exact) mass is 315 g/mol. The SMILES string of the molecule is CCCCCCCC(NC)c1c(F)cccc1Br. The van der Waals surface area contributed by atoms with E-state index in [0.29, 0.717) is 0 Å². The van der Waals surface area contributed by atoms with Gasteiger partial charge in [0.25, 0.3) is 0 Å². The molecule has 1 N–H and O–H groups in total. The van der Waals surface area contributed by atoms with E-state index in [9.17, 15) is 4.39 Å². The molecule has 0 aliphatic rings. The zero-order valence-corrected chi connectivity index (χ0v) is 12.9. The van der Waals surface area contributed by atoms with Crippen LogP contribution >= 0.6 is 15.9 Å². The average molecular weight is 316 g/mol. The molecule has 3 heteroatoms. The number of hydrogen-bond acceptors (Lipinski definition) is 1. The second-order valence-corrected chi connectivity index (χ2v) is 5.53. The molecule has 1 nitrogen and oxygen atoms in total. The lowest BCUT2D eigenvalue weighted by Crippen LogP contribution is -2.18. The third kappa shape index (κ3) is 4.69. The number of nitrogens with one attached hydrogen (secondary N) is 1. The minimum absolute atomic E-state index is 0.0993. The van der Waals surface area contributed by atoms with Gasteiger partial charge in [0.1, 0.15) is 5.82 Å². The van der Waals surface area contributed by atoms with Crippen LogP contribution in [0.2, 0.25) is 0 Å². The summed E-state index contributed by atoms with van der Waals surface area (Å²) in [5.74, 6) is -0.128. The van der Waals surface area contributed by atoms with Crippen molar-refractivity contribution < 1.29 is 4.39 Å². The fourth-order valence-electron chi connectivity index (χ4n) is 2.23. The Kier molecular flexibility index (Phi) is 7.52. The quantitative estimate of drug-likeness (QED) is 0.649. The first kappa shape index (κ1) is 15.6. The highest BCUT2D eigenvalue weighted by Crippen LogP contribution is 2.29. The molecule has 0 radical (unpaired) electrons. The summed E-state index contributed by atoms with van der Waals surface area (Å²) in [6.45, 7) is 2.22. The Hall–Kier alpha value is -0.410. The van der Waals surface area contributed by atoms with Gasteiger partial charge in [-0.1, -0.05) is 61.0 Å². The molecule has 0 fully saturated rings. The van der Waals surface area contributed by atoms with Crippen LogP contribution in [0.1, 0.15) is 57.1 Å². The number of benzene rings is 1. The predicted molar refractivity (Wildman–Crippen MR) is 79.3 cm³/mol. The number of halogens is 2. The van der Waals surface area contributed by atoms with Crippen molar-refractivity contribution >= 4 is 15.9 Å². The van der Waals surface area contributed by atoms with Gasteiger partial charge in [-0.3, -0.25) is 0 Å². The first-order valence-corrected chi connectivity index (χ1v) is 7.61. The maximum absolute atomic E-state index is 13.8. The fourth-order valence-corrected chi connectivity index (χ4v) is 2.85. The van der Waals surface area contributed by atoms with Gasteiger partial charge in [0.15, 0.2) is 0 Å². The predicted octanol–water partition coefficient (Wildman–Crippen LogP) is 5.21. The molecule has 1 aromatic carbocycles. The molecule has 0 bridgehead atoms. The second kappa shape index (κ2) is 8.65. The van der Waals surface area contributed by atoms with Crippen molar-refractivity contribution in [3.8, 4) is 0 Å². The van der Waals surface area contributed by atoms with Crippen LogP contribution in [0.3, 0.4) is 0 Å². The highest BCUT2D eigenvalue weighted by molar-refractivity contribution is 9.10. The summed E-state index contributed by atoms with van der Waals surface area (Å²) >= 11 is 3.44. The lowest BCUT2D eigenvalue weighted by atomic mass is 9.99. The minimum atomic E-state index is -0.128. The van der Waals surface area contributed by atoms with Gasteiger partial charge in [-0.15, -0.1) is 0 Å². The summed E-state index contributed by atoms with van der Waals surface area (Å²) in [4.78, 5) is 0. The topological polar surface area (TPSA) is 12.0 Å². The Morgan fingerprint density at radius 3 is 2.56 bits per heavy atom. The molecule has 102 valence electrons. The maximum Gasteiger partial charge on any atom is 0.129 e. The van der Waals surface area contributed by atoms with Crippen LogP contribution in [-0.2, 0) is 0 Å². The van der Waals surface area contributed by atoms with Gasteiger partial charge in [0, 0.05) is 16.1 Å². The average Bonchev–Trinajstić information content (AvgIpc) is 2.36. The van der Waals surface area contributed by atoms with Gasteiger partial charge in [-0.2, -0.15) is 0 Å².